The van der Waals surface area contributed by atoms with Crippen LogP contribution in [0, 0.1) is 11.8 Å². The van der Waals surface area contributed by atoms with Crippen LogP contribution in [-0.4, -0.2) is 26.8 Å². The van der Waals surface area contributed by atoms with Gasteiger partial charge in [0.25, 0.3) is 0 Å². The molecule has 0 spiro atoms. The van der Waals surface area contributed by atoms with Gasteiger partial charge in [-0.15, -0.1) is 0 Å². The lowest BCUT2D eigenvalue weighted by atomic mass is 9.92. The van der Waals surface area contributed by atoms with Crippen LogP contribution in [0.25, 0.3) is 0 Å². The quantitative estimate of drug-likeness (QED) is 0.654. The molecule has 0 radical (unpaired) electrons. The highest BCUT2D eigenvalue weighted by Gasteiger charge is 2.10. The Morgan fingerprint density at radius 3 is 2.45 bits per heavy atom. The van der Waals surface area contributed by atoms with Crippen molar-refractivity contribution in [3.63, 3.8) is 0 Å². The fraction of sp³-hybridized carbons (Fsp3) is 0.647. The van der Waals surface area contributed by atoms with Crippen LogP contribution in [0.3, 0.4) is 0 Å². The van der Waals surface area contributed by atoms with Gasteiger partial charge < -0.3 is 10.1 Å². The Hall–Kier alpha value is -0.570. The fourth-order valence-electron chi connectivity index (χ4n) is 2.28. The molecule has 1 rings (SSSR count). The summed E-state index contributed by atoms with van der Waals surface area (Å²) in [4.78, 5) is 0. The van der Waals surface area contributed by atoms with Crippen molar-refractivity contribution >= 4 is 11.6 Å². The number of hydrogen-bond acceptors (Lipinski definition) is 2. The Bertz CT molecular complexity index is 351. The summed E-state index contributed by atoms with van der Waals surface area (Å²) < 4.78 is 5.08. The van der Waals surface area contributed by atoms with E-state index in [1.54, 1.807) is 7.11 Å². The summed E-state index contributed by atoms with van der Waals surface area (Å²) in [5, 5.41) is 4.30. The van der Waals surface area contributed by atoms with E-state index in [0.29, 0.717) is 5.92 Å². The van der Waals surface area contributed by atoms with E-state index in [1.807, 2.05) is 12.1 Å². The van der Waals surface area contributed by atoms with E-state index < -0.39 is 0 Å². The van der Waals surface area contributed by atoms with E-state index in [4.69, 9.17) is 16.3 Å². The highest BCUT2D eigenvalue weighted by Crippen LogP contribution is 2.18. The zero-order chi connectivity index (χ0) is 14.8. The lowest BCUT2D eigenvalue weighted by Gasteiger charge is -2.19. The average molecular weight is 298 g/mol. The molecule has 0 heterocycles. The van der Waals surface area contributed by atoms with Crippen LogP contribution in [0.5, 0.6) is 0 Å². The van der Waals surface area contributed by atoms with Gasteiger partial charge in [0.15, 0.2) is 0 Å². The summed E-state index contributed by atoms with van der Waals surface area (Å²) in [6.45, 7) is 7.33. The molecule has 0 saturated heterocycles. The van der Waals surface area contributed by atoms with Gasteiger partial charge in [-0.2, -0.15) is 0 Å². The molecule has 0 saturated carbocycles. The minimum absolute atomic E-state index is 0.676. The van der Waals surface area contributed by atoms with Crippen molar-refractivity contribution in [3.8, 4) is 0 Å². The van der Waals surface area contributed by atoms with Crippen LogP contribution in [0.4, 0.5) is 0 Å². The number of hydrogen-bond donors (Lipinski definition) is 1. The molecule has 1 N–H and O–H groups in total. The van der Waals surface area contributed by atoms with Crippen molar-refractivity contribution in [3.05, 3.63) is 34.9 Å². The molecule has 0 bridgehead atoms. The van der Waals surface area contributed by atoms with Crippen molar-refractivity contribution in [2.45, 2.75) is 33.1 Å². The van der Waals surface area contributed by atoms with Crippen molar-refractivity contribution in [2.24, 2.45) is 11.8 Å². The minimum Gasteiger partial charge on any atom is -0.383 e. The smallest absolute Gasteiger partial charge is 0.0587 e. The third-order valence-electron chi connectivity index (χ3n) is 3.51. The Morgan fingerprint density at radius 2 is 1.85 bits per heavy atom. The van der Waals surface area contributed by atoms with Crippen molar-refractivity contribution in [2.75, 3.05) is 26.8 Å². The van der Waals surface area contributed by atoms with E-state index in [2.05, 4.69) is 31.3 Å². The number of halogens is 1. The second-order valence-electron chi connectivity index (χ2n) is 5.86. The zero-order valence-electron chi connectivity index (χ0n) is 13.0. The maximum Gasteiger partial charge on any atom is 0.0587 e. The van der Waals surface area contributed by atoms with Gasteiger partial charge in [-0.3, -0.25) is 0 Å². The Kier molecular flexibility index (Phi) is 8.92. The topological polar surface area (TPSA) is 21.3 Å². The molecule has 0 aromatic heterocycles. The maximum atomic E-state index is 5.94. The summed E-state index contributed by atoms with van der Waals surface area (Å²) >= 11 is 5.94. The second kappa shape index (κ2) is 10.2. The first kappa shape index (κ1) is 17.5. The third kappa shape index (κ3) is 7.88. The van der Waals surface area contributed by atoms with Gasteiger partial charge in [0.2, 0.25) is 0 Å². The van der Waals surface area contributed by atoms with Crippen LogP contribution in [0.15, 0.2) is 24.3 Å². The summed E-state index contributed by atoms with van der Waals surface area (Å²) in [5.41, 5.74) is 1.37. The van der Waals surface area contributed by atoms with Gasteiger partial charge in [0.05, 0.1) is 6.61 Å². The first-order chi connectivity index (χ1) is 9.61. The molecule has 0 amide bonds. The van der Waals surface area contributed by atoms with Crippen molar-refractivity contribution < 1.29 is 4.74 Å². The fourth-order valence-corrected chi connectivity index (χ4v) is 2.41. The van der Waals surface area contributed by atoms with E-state index in [1.165, 1.54) is 18.4 Å². The van der Waals surface area contributed by atoms with Crippen molar-refractivity contribution in [1.29, 1.82) is 0 Å². The normalized spacial score (nSPS) is 12.8. The van der Waals surface area contributed by atoms with Gasteiger partial charge in [0.1, 0.15) is 0 Å². The van der Waals surface area contributed by atoms with E-state index in [9.17, 15) is 0 Å². The Morgan fingerprint density at radius 1 is 1.15 bits per heavy atom. The van der Waals surface area contributed by atoms with Crippen LogP contribution in [0.2, 0.25) is 5.02 Å². The van der Waals surface area contributed by atoms with Gasteiger partial charge in [0, 0.05) is 18.7 Å². The molecule has 1 unspecified atom stereocenters. The largest absolute Gasteiger partial charge is 0.383 e. The number of methoxy groups -OCH3 is 1. The molecule has 114 valence electrons. The molecule has 2 nitrogen and oxygen atoms in total. The summed E-state index contributed by atoms with van der Waals surface area (Å²) in [6.07, 6.45) is 3.66. The first-order valence-corrected chi connectivity index (χ1v) is 7.93. The number of rotatable bonds is 10. The predicted octanol–water partition coefficient (Wildman–Crippen LogP) is 4.17. The Labute approximate surface area is 128 Å². The van der Waals surface area contributed by atoms with Crippen LogP contribution < -0.4 is 5.32 Å². The standard InChI is InChI=1S/C17H28ClNO/c1-14(2)4-5-16(13-19-10-11-20-3)12-15-6-8-17(18)9-7-15/h6-9,14,16,19H,4-5,10-13H2,1-3H3. The first-order valence-electron chi connectivity index (χ1n) is 7.56. The van der Waals surface area contributed by atoms with E-state index in [0.717, 1.165) is 37.1 Å². The molecule has 1 atom stereocenters. The second-order valence-corrected chi connectivity index (χ2v) is 6.30. The number of benzene rings is 1. The SMILES string of the molecule is COCCNCC(CCC(C)C)Cc1ccc(Cl)cc1. The van der Waals surface area contributed by atoms with Crippen LogP contribution in [0.1, 0.15) is 32.3 Å². The highest BCUT2D eigenvalue weighted by molar-refractivity contribution is 6.30. The van der Waals surface area contributed by atoms with E-state index in [-0.39, 0.29) is 0 Å². The van der Waals surface area contributed by atoms with Gasteiger partial charge in [-0.25, -0.2) is 0 Å². The molecule has 1 aromatic rings. The Balaban J connectivity index is 2.45. The van der Waals surface area contributed by atoms with Crippen LogP contribution >= 0.6 is 11.6 Å². The number of nitrogens with one attached hydrogen (secondary N) is 1. The molecule has 0 aliphatic carbocycles. The van der Waals surface area contributed by atoms with Crippen LogP contribution in [-0.2, 0) is 11.2 Å². The summed E-state index contributed by atoms with van der Waals surface area (Å²) in [7, 11) is 1.74. The molecular weight excluding hydrogens is 270 g/mol. The van der Waals surface area contributed by atoms with Gasteiger partial charge in [-0.1, -0.05) is 44.0 Å². The minimum atomic E-state index is 0.676. The average Bonchev–Trinajstić information content (AvgIpc) is 2.43. The highest BCUT2D eigenvalue weighted by atomic mass is 35.5. The van der Waals surface area contributed by atoms with Gasteiger partial charge >= 0.3 is 0 Å². The lowest BCUT2D eigenvalue weighted by molar-refractivity contribution is 0.197. The van der Waals surface area contributed by atoms with Gasteiger partial charge in [-0.05, 0) is 48.9 Å². The number of ether oxygens (including phenoxy) is 1. The third-order valence-corrected chi connectivity index (χ3v) is 3.76. The predicted molar refractivity (Wildman–Crippen MR) is 87.5 cm³/mol. The molecule has 0 aliphatic rings. The lowest BCUT2D eigenvalue weighted by Crippen LogP contribution is -2.27. The summed E-state index contributed by atoms with van der Waals surface area (Å²) in [5.74, 6) is 1.44. The molecule has 0 aliphatic heterocycles. The van der Waals surface area contributed by atoms with Crippen molar-refractivity contribution in [1.82, 2.24) is 5.32 Å². The maximum absolute atomic E-state index is 5.94. The molecule has 20 heavy (non-hydrogen) atoms. The zero-order valence-corrected chi connectivity index (χ0v) is 13.7. The molecule has 1 aromatic carbocycles. The summed E-state index contributed by atoms with van der Waals surface area (Å²) in [6, 6.07) is 8.24. The monoisotopic (exact) mass is 297 g/mol. The molecular formula is C17H28ClNO. The van der Waals surface area contributed by atoms with E-state index >= 15 is 0 Å². The molecule has 3 heteroatoms. The molecule has 0 fully saturated rings.